The maximum atomic E-state index is 9.74. The van der Waals surface area contributed by atoms with Crippen LogP contribution in [0.25, 0.3) is 16.8 Å². The number of hydrogen-bond acceptors (Lipinski definition) is 3. The fraction of sp³-hybridized carbons (Fsp3) is 0.136. The molecule has 0 fully saturated rings. The SMILES string of the molecule is Cc1ccc(-c2cnn3c(C(C#N)Cc4ccccc4)ccnc23)cc1. The monoisotopic (exact) mass is 338 g/mol. The van der Waals surface area contributed by atoms with Crippen LogP contribution in [0.2, 0.25) is 0 Å². The van der Waals surface area contributed by atoms with Gasteiger partial charge in [0, 0.05) is 11.8 Å². The Morgan fingerprint density at radius 3 is 2.54 bits per heavy atom. The highest BCUT2D eigenvalue weighted by atomic mass is 15.3. The summed E-state index contributed by atoms with van der Waals surface area (Å²) in [6.45, 7) is 2.07. The first-order valence-electron chi connectivity index (χ1n) is 8.59. The van der Waals surface area contributed by atoms with Gasteiger partial charge in [-0.3, -0.25) is 0 Å². The predicted octanol–water partition coefficient (Wildman–Crippen LogP) is 4.55. The van der Waals surface area contributed by atoms with Gasteiger partial charge in [0.2, 0.25) is 0 Å². The molecule has 0 bridgehead atoms. The second-order valence-corrected chi connectivity index (χ2v) is 6.40. The van der Waals surface area contributed by atoms with Gasteiger partial charge in [-0.05, 0) is 30.5 Å². The van der Waals surface area contributed by atoms with Crippen molar-refractivity contribution in [3.8, 4) is 17.2 Å². The van der Waals surface area contributed by atoms with Crippen LogP contribution >= 0.6 is 0 Å². The number of benzene rings is 2. The molecule has 1 unspecified atom stereocenters. The zero-order valence-electron chi connectivity index (χ0n) is 14.5. The molecule has 0 aliphatic rings. The van der Waals surface area contributed by atoms with Crippen molar-refractivity contribution in [3.63, 3.8) is 0 Å². The average molecular weight is 338 g/mol. The molecule has 2 aromatic carbocycles. The summed E-state index contributed by atoms with van der Waals surface area (Å²) in [4.78, 5) is 4.52. The highest BCUT2D eigenvalue weighted by Crippen LogP contribution is 2.27. The van der Waals surface area contributed by atoms with Crippen molar-refractivity contribution in [1.29, 1.82) is 5.26 Å². The number of rotatable bonds is 4. The Bertz CT molecular complexity index is 1070. The van der Waals surface area contributed by atoms with Gasteiger partial charge in [-0.2, -0.15) is 10.4 Å². The van der Waals surface area contributed by atoms with Crippen molar-refractivity contribution >= 4 is 5.65 Å². The summed E-state index contributed by atoms with van der Waals surface area (Å²) in [5.41, 5.74) is 6.04. The summed E-state index contributed by atoms with van der Waals surface area (Å²) in [7, 11) is 0. The fourth-order valence-corrected chi connectivity index (χ4v) is 3.18. The zero-order chi connectivity index (χ0) is 17.9. The van der Waals surface area contributed by atoms with Crippen molar-refractivity contribution in [2.24, 2.45) is 0 Å². The van der Waals surface area contributed by atoms with E-state index in [0.717, 1.165) is 28.0 Å². The molecule has 4 heteroatoms. The van der Waals surface area contributed by atoms with Gasteiger partial charge in [0.25, 0.3) is 0 Å². The van der Waals surface area contributed by atoms with Crippen LogP contribution in [0.15, 0.2) is 73.1 Å². The van der Waals surface area contributed by atoms with E-state index in [4.69, 9.17) is 0 Å². The number of aryl methyl sites for hydroxylation is 1. The third kappa shape index (κ3) is 2.96. The quantitative estimate of drug-likeness (QED) is 0.548. The standard InChI is InChI=1S/C22H18N4/c1-16-7-9-18(10-8-16)20-15-25-26-21(11-12-24-22(20)26)19(14-23)13-17-5-3-2-4-6-17/h2-12,15,19H,13H2,1H3. The maximum Gasteiger partial charge on any atom is 0.163 e. The van der Waals surface area contributed by atoms with Gasteiger partial charge in [-0.25, -0.2) is 9.50 Å². The van der Waals surface area contributed by atoms with E-state index in [1.54, 1.807) is 10.7 Å². The first kappa shape index (κ1) is 16.0. The number of aromatic nitrogens is 3. The summed E-state index contributed by atoms with van der Waals surface area (Å²) < 4.78 is 1.80. The van der Waals surface area contributed by atoms with Gasteiger partial charge in [0.1, 0.15) is 0 Å². The summed E-state index contributed by atoms with van der Waals surface area (Å²) in [5, 5.41) is 14.3. The molecule has 4 nitrogen and oxygen atoms in total. The van der Waals surface area contributed by atoms with Gasteiger partial charge in [-0.1, -0.05) is 60.2 Å². The smallest absolute Gasteiger partial charge is 0.163 e. The average Bonchev–Trinajstić information content (AvgIpc) is 3.12. The third-order valence-electron chi connectivity index (χ3n) is 4.59. The first-order chi connectivity index (χ1) is 12.8. The summed E-state index contributed by atoms with van der Waals surface area (Å²) >= 11 is 0. The van der Waals surface area contributed by atoms with E-state index in [9.17, 15) is 5.26 Å². The number of fused-ring (bicyclic) bond motifs is 1. The number of nitriles is 1. The lowest BCUT2D eigenvalue weighted by molar-refractivity contribution is 0.750. The van der Waals surface area contributed by atoms with Crippen LogP contribution in [-0.2, 0) is 6.42 Å². The molecule has 0 aliphatic heterocycles. The Morgan fingerprint density at radius 1 is 1.04 bits per heavy atom. The largest absolute Gasteiger partial charge is 0.236 e. The highest BCUT2D eigenvalue weighted by molar-refractivity contribution is 5.77. The van der Waals surface area contributed by atoms with E-state index in [1.165, 1.54) is 5.56 Å². The van der Waals surface area contributed by atoms with E-state index < -0.39 is 0 Å². The van der Waals surface area contributed by atoms with E-state index in [2.05, 4.69) is 47.3 Å². The molecule has 1 atom stereocenters. The van der Waals surface area contributed by atoms with Crippen LogP contribution in [0.3, 0.4) is 0 Å². The molecule has 4 rings (SSSR count). The molecule has 2 heterocycles. The third-order valence-corrected chi connectivity index (χ3v) is 4.59. The Kier molecular flexibility index (Phi) is 4.20. The summed E-state index contributed by atoms with van der Waals surface area (Å²) in [5.74, 6) is -0.284. The minimum atomic E-state index is -0.284. The Balaban J connectivity index is 1.76. The summed E-state index contributed by atoms with van der Waals surface area (Å²) in [6, 6.07) is 22.7. The van der Waals surface area contributed by atoms with E-state index in [0.29, 0.717) is 6.42 Å². The van der Waals surface area contributed by atoms with Crippen molar-refractivity contribution in [1.82, 2.24) is 14.6 Å². The second-order valence-electron chi connectivity index (χ2n) is 6.40. The van der Waals surface area contributed by atoms with E-state index in [-0.39, 0.29) is 5.92 Å². The van der Waals surface area contributed by atoms with Crippen LogP contribution in [0.5, 0.6) is 0 Å². The second kappa shape index (κ2) is 6.81. The molecule has 0 spiro atoms. The van der Waals surface area contributed by atoms with Crippen LogP contribution in [-0.4, -0.2) is 14.6 Å². The predicted molar refractivity (Wildman–Crippen MR) is 102 cm³/mol. The topological polar surface area (TPSA) is 54.0 Å². The zero-order valence-corrected chi connectivity index (χ0v) is 14.5. The Labute approximate surface area is 152 Å². The van der Waals surface area contributed by atoms with Gasteiger partial charge in [0.05, 0.1) is 23.9 Å². The normalized spacial score (nSPS) is 12.0. The molecule has 0 aliphatic carbocycles. The number of hydrogen-bond donors (Lipinski definition) is 0. The number of nitrogens with zero attached hydrogens (tertiary/aromatic N) is 4. The van der Waals surface area contributed by atoms with Gasteiger partial charge >= 0.3 is 0 Å². The molecule has 126 valence electrons. The minimum Gasteiger partial charge on any atom is -0.236 e. The van der Waals surface area contributed by atoms with E-state index in [1.807, 2.05) is 42.6 Å². The van der Waals surface area contributed by atoms with E-state index >= 15 is 0 Å². The molecule has 2 aromatic heterocycles. The molecular formula is C22H18N4. The van der Waals surface area contributed by atoms with Crippen molar-refractivity contribution in [2.75, 3.05) is 0 Å². The molecular weight excluding hydrogens is 320 g/mol. The van der Waals surface area contributed by atoms with Crippen molar-refractivity contribution < 1.29 is 0 Å². The maximum absolute atomic E-state index is 9.74. The molecule has 0 saturated carbocycles. The highest BCUT2D eigenvalue weighted by Gasteiger charge is 2.18. The van der Waals surface area contributed by atoms with Crippen molar-refractivity contribution in [2.45, 2.75) is 19.3 Å². The lowest BCUT2D eigenvalue weighted by Crippen LogP contribution is -2.08. The first-order valence-corrected chi connectivity index (χ1v) is 8.59. The van der Waals surface area contributed by atoms with Crippen LogP contribution < -0.4 is 0 Å². The van der Waals surface area contributed by atoms with Crippen LogP contribution in [0.1, 0.15) is 22.7 Å². The fourth-order valence-electron chi connectivity index (χ4n) is 3.18. The molecule has 0 N–H and O–H groups in total. The van der Waals surface area contributed by atoms with Crippen LogP contribution in [0.4, 0.5) is 0 Å². The molecule has 0 radical (unpaired) electrons. The molecule has 26 heavy (non-hydrogen) atoms. The van der Waals surface area contributed by atoms with Crippen molar-refractivity contribution in [3.05, 3.63) is 89.9 Å². The lowest BCUT2D eigenvalue weighted by atomic mass is 9.97. The minimum absolute atomic E-state index is 0.284. The molecule has 4 aromatic rings. The van der Waals surface area contributed by atoms with Crippen LogP contribution in [0, 0.1) is 18.3 Å². The van der Waals surface area contributed by atoms with Gasteiger partial charge in [0.15, 0.2) is 5.65 Å². The lowest BCUT2D eigenvalue weighted by Gasteiger charge is -2.11. The Hall–Kier alpha value is -3.45. The Morgan fingerprint density at radius 2 is 1.81 bits per heavy atom. The molecule has 0 saturated heterocycles. The summed E-state index contributed by atoms with van der Waals surface area (Å²) in [6.07, 6.45) is 4.24. The van der Waals surface area contributed by atoms with Gasteiger partial charge < -0.3 is 0 Å². The molecule has 0 amide bonds. The van der Waals surface area contributed by atoms with Gasteiger partial charge in [-0.15, -0.1) is 0 Å².